The van der Waals surface area contributed by atoms with Crippen LogP contribution in [0.15, 0.2) is 59.4 Å². The Kier molecular flexibility index (Phi) is 3.98. The number of ether oxygens (including phenoxy) is 1. The van der Waals surface area contributed by atoms with E-state index in [0.29, 0.717) is 16.8 Å². The Labute approximate surface area is 133 Å². The fourth-order valence-electron chi connectivity index (χ4n) is 2.75. The Morgan fingerprint density at radius 2 is 1.83 bits per heavy atom. The second-order valence-corrected chi connectivity index (χ2v) is 5.40. The van der Waals surface area contributed by atoms with Crippen molar-refractivity contribution in [3.8, 4) is 5.75 Å². The molecule has 0 fully saturated rings. The molecule has 0 unspecified atom stereocenters. The molecule has 1 aromatic heterocycles. The van der Waals surface area contributed by atoms with Crippen molar-refractivity contribution >= 4 is 16.7 Å². The molecule has 0 aliphatic rings. The van der Waals surface area contributed by atoms with Gasteiger partial charge in [-0.25, -0.2) is 0 Å². The predicted molar refractivity (Wildman–Crippen MR) is 90.3 cm³/mol. The van der Waals surface area contributed by atoms with Gasteiger partial charge in [0.15, 0.2) is 5.78 Å². The first-order valence-corrected chi connectivity index (χ1v) is 7.37. The number of Topliss-reactive ketones (excluding diaryl/α,β-unsaturated/α-hetero) is 1. The summed E-state index contributed by atoms with van der Waals surface area (Å²) in [7, 11) is 1.56. The third-order valence-electron chi connectivity index (χ3n) is 3.92. The van der Waals surface area contributed by atoms with Crippen LogP contribution in [-0.4, -0.2) is 17.5 Å². The van der Waals surface area contributed by atoms with Crippen LogP contribution in [0.3, 0.4) is 0 Å². The first-order chi connectivity index (χ1) is 11.1. The van der Waals surface area contributed by atoms with E-state index in [1.54, 1.807) is 31.4 Å². The van der Waals surface area contributed by atoms with Gasteiger partial charge in [0.05, 0.1) is 19.2 Å². The molecule has 3 aromatic rings. The van der Waals surface area contributed by atoms with E-state index < -0.39 is 0 Å². The molecule has 0 spiro atoms. The van der Waals surface area contributed by atoms with Crippen LogP contribution in [0.4, 0.5) is 0 Å². The van der Waals surface area contributed by atoms with Gasteiger partial charge < -0.3 is 4.74 Å². The highest BCUT2D eigenvalue weighted by molar-refractivity contribution is 5.97. The van der Waals surface area contributed by atoms with Gasteiger partial charge in [0.2, 0.25) is 0 Å². The lowest BCUT2D eigenvalue weighted by atomic mass is 10.1. The number of methoxy groups -OCH3 is 1. The quantitative estimate of drug-likeness (QED) is 0.695. The van der Waals surface area contributed by atoms with Gasteiger partial charge in [0.1, 0.15) is 5.75 Å². The maximum absolute atomic E-state index is 12.5. The fourth-order valence-corrected chi connectivity index (χ4v) is 2.75. The molecule has 0 atom stereocenters. The topological polar surface area (TPSA) is 48.3 Å². The number of para-hydroxylation sites is 1. The Morgan fingerprint density at radius 1 is 1.09 bits per heavy atom. The zero-order valence-electron chi connectivity index (χ0n) is 13.1. The monoisotopic (exact) mass is 307 g/mol. The van der Waals surface area contributed by atoms with Crippen molar-refractivity contribution in [1.82, 2.24) is 4.57 Å². The number of carbonyl (C=O) groups excluding carboxylic acids is 1. The molecular weight excluding hydrogens is 290 g/mol. The van der Waals surface area contributed by atoms with Gasteiger partial charge in [-0.3, -0.25) is 14.2 Å². The van der Waals surface area contributed by atoms with E-state index in [-0.39, 0.29) is 17.9 Å². The standard InChI is InChI=1S/C19H17NO3/c1-13-11-18(22)20(12-16(21)14-7-4-3-5-8-14)19-15(13)9-6-10-17(19)23-2/h3-11H,12H2,1-2H3. The first kappa shape index (κ1) is 15.0. The number of pyridine rings is 1. The normalized spacial score (nSPS) is 10.7. The molecule has 0 saturated heterocycles. The summed E-state index contributed by atoms with van der Waals surface area (Å²) in [5.41, 5.74) is 1.91. The summed E-state index contributed by atoms with van der Waals surface area (Å²) in [5.74, 6) is 0.480. The lowest BCUT2D eigenvalue weighted by Crippen LogP contribution is -2.25. The highest BCUT2D eigenvalue weighted by atomic mass is 16.5. The van der Waals surface area contributed by atoms with E-state index in [4.69, 9.17) is 4.74 Å². The molecule has 3 rings (SSSR count). The molecule has 4 heteroatoms. The summed E-state index contributed by atoms with van der Waals surface area (Å²) in [6.07, 6.45) is 0. The number of nitrogens with zero attached hydrogens (tertiary/aromatic N) is 1. The molecular formula is C19H17NO3. The summed E-state index contributed by atoms with van der Waals surface area (Å²) in [6.45, 7) is 1.87. The van der Waals surface area contributed by atoms with Gasteiger partial charge >= 0.3 is 0 Å². The molecule has 0 radical (unpaired) electrons. The molecule has 1 heterocycles. The van der Waals surface area contributed by atoms with Gasteiger partial charge in [-0.05, 0) is 18.6 Å². The number of benzene rings is 2. The van der Waals surface area contributed by atoms with Crippen molar-refractivity contribution in [1.29, 1.82) is 0 Å². The Balaban J connectivity index is 2.17. The second kappa shape index (κ2) is 6.08. The van der Waals surface area contributed by atoms with E-state index in [1.807, 2.05) is 37.3 Å². The molecule has 0 aliphatic carbocycles. The van der Waals surface area contributed by atoms with Crippen molar-refractivity contribution in [3.63, 3.8) is 0 Å². The third-order valence-corrected chi connectivity index (χ3v) is 3.92. The first-order valence-electron chi connectivity index (χ1n) is 7.37. The summed E-state index contributed by atoms with van der Waals surface area (Å²) in [6, 6.07) is 16.1. The zero-order valence-corrected chi connectivity index (χ0v) is 13.1. The molecule has 0 saturated carbocycles. The highest BCUT2D eigenvalue weighted by Crippen LogP contribution is 2.26. The van der Waals surface area contributed by atoms with Gasteiger partial charge in [0, 0.05) is 17.0 Å². The van der Waals surface area contributed by atoms with Crippen molar-refractivity contribution in [2.24, 2.45) is 0 Å². The van der Waals surface area contributed by atoms with E-state index in [1.165, 1.54) is 4.57 Å². The molecule has 0 amide bonds. The number of carbonyl (C=O) groups is 1. The molecule has 4 nitrogen and oxygen atoms in total. The van der Waals surface area contributed by atoms with Crippen molar-refractivity contribution < 1.29 is 9.53 Å². The number of ketones is 1. The summed E-state index contributed by atoms with van der Waals surface area (Å²) < 4.78 is 6.88. The smallest absolute Gasteiger partial charge is 0.251 e. The molecule has 0 aliphatic heterocycles. The summed E-state index contributed by atoms with van der Waals surface area (Å²) >= 11 is 0. The van der Waals surface area contributed by atoms with Crippen LogP contribution in [0.5, 0.6) is 5.75 Å². The number of hydrogen-bond acceptors (Lipinski definition) is 3. The maximum Gasteiger partial charge on any atom is 0.251 e. The largest absolute Gasteiger partial charge is 0.495 e. The van der Waals surface area contributed by atoms with Crippen molar-refractivity contribution in [2.45, 2.75) is 13.5 Å². The van der Waals surface area contributed by atoms with Crippen LogP contribution in [0.1, 0.15) is 15.9 Å². The van der Waals surface area contributed by atoms with E-state index >= 15 is 0 Å². The number of rotatable bonds is 4. The van der Waals surface area contributed by atoms with Gasteiger partial charge in [-0.1, -0.05) is 42.5 Å². The maximum atomic E-state index is 12.5. The van der Waals surface area contributed by atoms with Gasteiger partial charge in [0.25, 0.3) is 5.56 Å². The minimum Gasteiger partial charge on any atom is -0.495 e. The summed E-state index contributed by atoms with van der Waals surface area (Å²) in [5, 5.41) is 0.907. The van der Waals surface area contributed by atoms with Crippen LogP contribution in [0, 0.1) is 6.92 Å². The van der Waals surface area contributed by atoms with Gasteiger partial charge in [-0.15, -0.1) is 0 Å². The van der Waals surface area contributed by atoms with E-state index in [0.717, 1.165) is 10.9 Å². The Morgan fingerprint density at radius 3 is 2.52 bits per heavy atom. The van der Waals surface area contributed by atoms with Crippen LogP contribution in [-0.2, 0) is 6.54 Å². The molecule has 0 N–H and O–H groups in total. The van der Waals surface area contributed by atoms with Crippen LogP contribution < -0.4 is 10.3 Å². The molecule has 116 valence electrons. The Hall–Kier alpha value is -2.88. The SMILES string of the molecule is COc1cccc2c(C)cc(=O)n(CC(=O)c3ccccc3)c12. The van der Waals surface area contributed by atoms with Crippen molar-refractivity contribution in [2.75, 3.05) is 7.11 Å². The van der Waals surface area contributed by atoms with Gasteiger partial charge in [-0.2, -0.15) is 0 Å². The third kappa shape index (κ3) is 2.75. The fraction of sp³-hybridized carbons (Fsp3) is 0.158. The van der Waals surface area contributed by atoms with Crippen LogP contribution in [0.25, 0.3) is 10.9 Å². The van der Waals surface area contributed by atoms with E-state index in [2.05, 4.69) is 0 Å². The average molecular weight is 307 g/mol. The minimum atomic E-state index is -0.205. The molecule has 0 bridgehead atoms. The number of fused-ring (bicyclic) bond motifs is 1. The Bertz CT molecular complexity index is 926. The number of aromatic nitrogens is 1. The lowest BCUT2D eigenvalue weighted by molar-refractivity contribution is 0.0972. The molecule has 23 heavy (non-hydrogen) atoms. The van der Waals surface area contributed by atoms with Crippen molar-refractivity contribution in [3.05, 3.63) is 76.1 Å². The highest BCUT2D eigenvalue weighted by Gasteiger charge is 2.14. The summed E-state index contributed by atoms with van der Waals surface area (Å²) in [4.78, 5) is 24.9. The molecule has 2 aromatic carbocycles. The minimum absolute atomic E-state index is 0.0139. The van der Waals surface area contributed by atoms with E-state index in [9.17, 15) is 9.59 Å². The zero-order chi connectivity index (χ0) is 16.4. The van der Waals surface area contributed by atoms with Crippen LogP contribution >= 0.6 is 0 Å². The average Bonchev–Trinajstić information content (AvgIpc) is 2.58. The number of hydrogen-bond donors (Lipinski definition) is 0. The second-order valence-electron chi connectivity index (χ2n) is 5.40. The lowest BCUT2D eigenvalue weighted by Gasteiger charge is -2.14. The predicted octanol–water partition coefficient (Wildman–Crippen LogP) is 3.20. The number of aryl methyl sites for hydroxylation is 1. The van der Waals surface area contributed by atoms with Crippen LogP contribution in [0.2, 0.25) is 0 Å².